The van der Waals surface area contributed by atoms with Crippen molar-refractivity contribution < 1.29 is 4.74 Å². The zero-order valence-electron chi connectivity index (χ0n) is 9.10. The highest BCUT2D eigenvalue weighted by Crippen LogP contribution is 2.28. The molecular formula is C12H15ClN2O. The Hall–Kier alpha value is -0.800. The van der Waals surface area contributed by atoms with Gasteiger partial charge in [-0.3, -0.25) is 0 Å². The molecule has 0 spiro atoms. The minimum absolute atomic E-state index is 0.410. The number of alkyl halides is 1. The fourth-order valence-electron chi connectivity index (χ4n) is 2.48. The van der Waals surface area contributed by atoms with Gasteiger partial charge in [0.25, 0.3) is 0 Å². The second kappa shape index (κ2) is 4.22. The Bertz CT molecular complexity index is 356. The number of ether oxygens (including phenoxy) is 1. The van der Waals surface area contributed by atoms with Crippen LogP contribution in [0.2, 0.25) is 0 Å². The van der Waals surface area contributed by atoms with Gasteiger partial charge in [0.2, 0.25) is 0 Å². The van der Waals surface area contributed by atoms with Crippen LogP contribution in [-0.2, 0) is 10.6 Å². The summed E-state index contributed by atoms with van der Waals surface area (Å²) in [6.45, 7) is 1.95. The zero-order valence-corrected chi connectivity index (χ0v) is 9.86. The van der Waals surface area contributed by atoms with Crippen LogP contribution in [0.15, 0.2) is 18.3 Å². The lowest BCUT2D eigenvalue weighted by Crippen LogP contribution is -2.43. The smallest absolute Gasteiger partial charge is 0.128 e. The quantitative estimate of drug-likeness (QED) is 0.739. The second-order valence-electron chi connectivity index (χ2n) is 4.52. The molecule has 0 radical (unpaired) electrons. The van der Waals surface area contributed by atoms with Crippen molar-refractivity contribution >= 4 is 17.4 Å². The van der Waals surface area contributed by atoms with Crippen LogP contribution in [0.5, 0.6) is 0 Å². The summed E-state index contributed by atoms with van der Waals surface area (Å²) in [7, 11) is 0. The number of morpholine rings is 1. The first-order chi connectivity index (χ1) is 7.85. The van der Waals surface area contributed by atoms with Gasteiger partial charge in [-0.05, 0) is 24.5 Å². The lowest BCUT2D eigenvalue weighted by Gasteiger charge is -2.32. The first kappa shape index (κ1) is 10.4. The van der Waals surface area contributed by atoms with Crippen LogP contribution in [0.1, 0.15) is 18.4 Å². The number of hydrogen-bond donors (Lipinski definition) is 0. The lowest BCUT2D eigenvalue weighted by molar-refractivity contribution is 0.0302. The number of pyridine rings is 1. The third kappa shape index (κ3) is 1.89. The highest BCUT2D eigenvalue weighted by atomic mass is 35.5. The van der Waals surface area contributed by atoms with Crippen molar-refractivity contribution in [2.45, 2.75) is 30.9 Å². The molecule has 2 aliphatic heterocycles. The van der Waals surface area contributed by atoms with Gasteiger partial charge in [-0.25, -0.2) is 4.98 Å². The summed E-state index contributed by atoms with van der Waals surface area (Å²) in [6.07, 6.45) is 5.07. The normalized spacial score (nSPS) is 28.4. The van der Waals surface area contributed by atoms with Gasteiger partial charge < -0.3 is 9.64 Å². The van der Waals surface area contributed by atoms with E-state index in [0.717, 1.165) is 24.5 Å². The Morgan fingerprint density at radius 1 is 1.31 bits per heavy atom. The molecule has 3 rings (SSSR count). The molecule has 2 saturated heterocycles. The van der Waals surface area contributed by atoms with Crippen LogP contribution < -0.4 is 4.90 Å². The van der Waals surface area contributed by atoms with E-state index in [1.165, 1.54) is 12.8 Å². The SMILES string of the molecule is ClCc1ccc(N2CC3CCC(C2)O3)nc1. The maximum absolute atomic E-state index is 5.80. The van der Waals surface area contributed by atoms with E-state index in [1.54, 1.807) is 0 Å². The molecule has 0 aromatic carbocycles. The van der Waals surface area contributed by atoms with Crippen LogP contribution in [0.25, 0.3) is 0 Å². The maximum Gasteiger partial charge on any atom is 0.128 e. The molecule has 2 bridgehead atoms. The second-order valence-corrected chi connectivity index (χ2v) is 4.79. The van der Waals surface area contributed by atoms with Crippen molar-refractivity contribution in [3.05, 3.63) is 23.9 Å². The third-order valence-corrected chi connectivity index (χ3v) is 3.64. The molecule has 4 heteroatoms. The monoisotopic (exact) mass is 238 g/mol. The van der Waals surface area contributed by atoms with E-state index < -0.39 is 0 Å². The van der Waals surface area contributed by atoms with E-state index in [1.807, 2.05) is 12.3 Å². The van der Waals surface area contributed by atoms with E-state index >= 15 is 0 Å². The molecule has 16 heavy (non-hydrogen) atoms. The molecule has 3 heterocycles. The Morgan fingerprint density at radius 3 is 2.62 bits per heavy atom. The number of anilines is 1. The Kier molecular flexibility index (Phi) is 2.74. The van der Waals surface area contributed by atoms with E-state index in [2.05, 4.69) is 16.0 Å². The van der Waals surface area contributed by atoms with Crippen LogP contribution in [-0.4, -0.2) is 30.3 Å². The molecule has 3 nitrogen and oxygen atoms in total. The molecule has 2 atom stereocenters. The van der Waals surface area contributed by atoms with Gasteiger partial charge in [0, 0.05) is 25.2 Å². The first-order valence-electron chi connectivity index (χ1n) is 5.76. The Labute approximate surface area is 100 Å². The van der Waals surface area contributed by atoms with Gasteiger partial charge in [-0.15, -0.1) is 11.6 Å². The van der Waals surface area contributed by atoms with Gasteiger partial charge in [0.05, 0.1) is 12.2 Å². The predicted octanol–water partition coefficient (Wildman–Crippen LogP) is 2.19. The van der Waals surface area contributed by atoms with Gasteiger partial charge in [-0.2, -0.15) is 0 Å². The average molecular weight is 239 g/mol. The van der Waals surface area contributed by atoms with Gasteiger partial charge >= 0.3 is 0 Å². The molecule has 0 N–H and O–H groups in total. The van der Waals surface area contributed by atoms with Gasteiger partial charge in [-0.1, -0.05) is 6.07 Å². The van der Waals surface area contributed by atoms with Crippen molar-refractivity contribution in [3.8, 4) is 0 Å². The molecule has 2 fully saturated rings. The number of halogens is 1. The van der Waals surface area contributed by atoms with Gasteiger partial charge in [0.15, 0.2) is 0 Å². The van der Waals surface area contributed by atoms with Crippen molar-refractivity contribution in [3.63, 3.8) is 0 Å². The summed E-state index contributed by atoms with van der Waals surface area (Å²) in [5, 5.41) is 0. The molecule has 0 saturated carbocycles. The van der Waals surface area contributed by atoms with Crippen molar-refractivity contribution in [1.82, 2.24) is 4.98 Å². The summed E-state index contributed by atoms with van der Waals surface area (Å²) < 4.78 is 5.80. The average Bonchev–Trinajstić information content (AvgIpc) is 2.68. The highest BCUT2D eigenvalue weighted by molar-refractivity contribution is 6.17. The fourth-order valence-corrected chi connectivity index (χ4v) is 2.64. The van der Waals surface area contributed by atoms with E-state index in [-0.39, 0.29) is 0 Å². The van der Waals surface area contributed by atoms with Crippen LogP contribution in [0, 0.1) is 0 Å². The Morgan fingerprint density at radius 2 is 2.06 bits per heavy atom. The molecule has 86 valence electrons. The largest absolute Gasteiger partial charge is 0.371 e. The molecule has 0 aliphatic carbocycles. The number of nitrogens with zero attached hydrogens (tertiary/aromatic N) is 2. The zero-order chi connectivity index (χ0) is 11.0. The van der Waals surface area contributed by atoms with Crippen LogP contribution in [0.4, 0.5) is 5.82 Å². The molecule has 1 aromatic rings. The summed E-state index contributed by atoms with van der Waals surface area (Å²) in [6, 6.07) is 4.11. The fraction of sp³-hybridized carbons (Fsp3) is 0.583. The van der Waals surface area contributed by atoms with E-state index in [9.17, 15) is 0 Å². The van der Waals surface area contributed by atoms with Crippen LogP contribution in [0.3, 0.4) is 0 Å². The molecule has 0 amide bonds. The summed E-state index contributed by atoms with van der Waals surface area (Å²) >= 11 is 5.75. The van der Waals surface area contributed by atoms with Crippen LogP contribution >= 0.6 is 11.6 Å². The van der Waals surface area contributed by atoms with Crippen molar-refractivity contribution in [2.75, 3.05) is 18.0 Å². The number of aromatic nitrogens is 1. The standard InChI is InChI=1S/C12H15ClN2O/c13-5-9-1-4-12(14-6-9)15-7-10-2-3-11(8-15)16-10/h1,4,6,10-11H,2-3,5,7-8H2. The van der Waals surface area contributed by atoms with Gasteiger partial charge in [0.1, 0.15) is 5.82 Å². The third-order valence-electron chi connectivity index (χ3n) is 3.33. The first-order valence-corrected chi connectivity index (χ1v) is 6.30. The highest BCUT2D eigenvalue weighted by Gasteiger charge is 2.33. The number of hydrogen-bond acceptors (Lipinski definition) is 3. The molecule has 2 unspecified atom stereocenters. The van der Waals surface area contributed by atoms with E-state index in [4.69, 9.17) is 16.3 Å². The summed E-state index contributed by atoms with van der Waals surface area (Å²) in [4.78, 5) is 6.78. The topological polar surface area (TPSA) is 25.4 Å². The predicted molar refractivity (Wildman–Crippen MR) is 63.9 cm³/mol. The summed E-state index contributed by atoms with van der Waals surface area (Å²) in [5.74, 6) is 1.58. The minimum atomic E-state index is 0.410. The van der Waals surface area contributed by atoms with E-state index in [0.29, 0.717) is 18.1 Å². The van der Waals surface area contributed by atoms with Crippen molar-refractivity contribution in [2.24, 2.45) is 0 Å². The maximum atomic E-state index is 5.80. The summed E-state index contributed by atoms with van der Waals surface area (Å²) in [5.41, 5.74) is 1.07. The number of rotatable bonds is 2. The molecule has 2 aliphatic rings. The lowest BCUT2D eigenvalue weighted by atomic mass is 10.2. The molecule has 1 aromatic heterocycles. The minimum Gasteiger partial charge on any atom is -0.371 e. The Balaban J connectivity index is 1.76. The van der Waals surface area contributed by atoms with Crippen molar-refractivity contribution in [1.29, 1.82) is 0 Å². The molecular weight excluding hydrogens is 224 g/mol. The number of fused-ring (bicyclic) bond motifs is 2.